The van der Waals surface area contributed by atoms with Gasteiger partial charge in [0.1, 0.15) is 5.82 Å². The monoisotopic (exact) mass is 504 g/mol. The van der Waals surface area contributed by atoms with Gasteiger partial charge in [-0.15, -0.1) is 11.3 Å². The zero-order chi connectivity index (χ0) is 23.9. The van der Waals surface area contributed by atoms with Gasteiger partial charge in [-0.1, -0.05) is 35.9 Å². The number of amides is 2. The van der Waals surface area contributed by atoms with Gasteiger partial charge >= 0.3 is 0 Å². The maximum Gasteiger partial charge on any atom is 0.254 e. The predicted octanol–water partition coefficient (Wildman–Crippen LogP) is 4.30. The number of nitrogens with one attached hydrogen (secondary N) is 2. The highest BCUT2D eigenvalue weighted by atomic mass is 35.5. The second-order valence-corrected chi connectivity index (χ2v) is 10.4. The Hall–Kier alpha value is -3.56. The summed E-state index contributed by atoms with van der Waals surface area (Å²) in [5.74, 6) is 0.661. The third kappa shape index (κ3) is 4.56. The first kappa shape index (κ1) is 21.9. The van der Waals surface area contributed by atoms with Crippen molar-refractivity contribution in [3.63, 3.8) is 0 Å². The minimum Gasteiger partial charge on any atom is -0.351 e. The minimum absolute atomic E-state index is 0.0603. The van der Waals surface area contributed by atoms with Gasteiger partial charge in [0.25, 0.3) is 5.91 Å². The van der Waals surface area contributed by atoms with Crippen molar-refractivity contribution < 1.29 is 9.59 Å². The zero-order valence-electron chi connectivity index (χ0n) is 18.6. The number of fused-ring (bicyclic) bond motifs is 1. The molecule has 4 heterocycles. The Labute approximate surface area is 210 Å². The number of aryl methyl sites for hydroxylation is 2. The third-order valence-electron chi connectivity index (χ3n) is 6.05. The number of rotatable bonds is 7. The lowest BCUT2D eigenvalue weighted by Gasteiger charge is -2.10. The number of hydrogen-bond donors (Lipinski definition) is 2. The number of imide groups is 1. The average molecular weight is 505 g/mol. The van der Waals surface area contributed by atoms with E-state index in [4.69, 9.17) is 21.6 Å². The molecule has 1 aliphatic heterocycles. The van der Waals surface area contributed by atoms with Crippen LogP contribution >= 0.6 is 22.9 Å². The summed E-state index contributed by atoms with van der Waals surface area (Å²) in [5, 5.41) is 10.2. The van der Waals surface area contributed by atoms with E-state index in [2.05, 4.69) is 27.9 Å². The fraction of sp³-hybridized carbons (Fsp3) is 0.240. The Balaban J connectivity index is 1.34. The van der Waals surface area contributed by atoms with Crippen LogP contribution in [-0.2, 0) is 22.4 Å². The molecule has 1 saturated carbocycles. The molecule has 35 heavy (non-hydrogen) atoms. The molecular formula is C25H21ClN6O2S. The van der Waals surface area contributed by atoms with Crippen molar-refractivity contribution >= 4 is 52.4 Å². The molecule has 1 aromatic carbocycles. The molecule has 1 aliphatic carbocycles. The van der Waals surface area contributed by atoms with Crippen LogP contribution in [0.15, 0.2) is 48.2 Å². The van der Waals surface area contributed by atoms with Crippen LogP contribution < -0.4 is 10.6 Å². The number of hydrogen-bond acceptors (Lipinski definition) is 7. The second-order valence-electron chi connectivity index (χ2n) is 8.70. The summed E-state index contributed by atoms with van der Waals surface area (Å²) in [5.41, 5.74) is 4.05. The summed E-state index contributed by atoms with van der Waals surface area (Å²) in [6, 6.07) is 12.6. The predicted molar refractivity (Wildman–Crippen MR) is 135 cm³/mol. The van der Waals surface area contributed by atoms with Crippen LogP contribution in [0.2, 0.25) is 4.34 Å². The molecule has 3 aromatic heterocycles. The Morgan fingerprint density at radius 3 is 2.74 bits per heavy atom. The van der Waals surface area contributed by atoms with Crippen molar-refractivity contribution in [2.45, 2.75) is 38.1 Å². The number of anilines is 1. The quantitative estimate of drug-likeness (QED) is 0.287. The fourth-order valence-corrected chi connectivity index (χ4v) is 5.25. The van der Waals surface area contributed by atoms with E-state index in [1.54, 1.807) is 28.1 Å². The number of carbonyl (C=O) groups excluding carboxylic acids is 2. The SMILES string of the molecule is O=C1C/C(=C\c2cnn3c(NC4CC4)nc(CCc4ccccc4-c4ccc(Cl)s4)nc23)C(=O)N1. The van der Waals surface area contributed by atoms with Crippen LogP contribution in [0.25, 0.3) is 22.2 Å². The highest BCUT2D eigenvalue weighted by Gasteiger charge is 2.26. The van der Waals surface area contributed by atoms with E-state index in [1.807, 2.05) is 24.3 Å². The van der Waals surface area contributed by atoms with E-state index in [0.29, 0.717) is 41.0 Å². The minimum atomic E-state index is -0.370. The lowest BCUT2D eigenvalue weighted by Crippen LogP contribution is -2.19. The van der Waals surface area contributed by atoms with Crippen LogP contribution in [0.1, 0.15) is 36.2 Å². The number of nitrogens with zero attached hydrogens (tertiary/aromatic N) is 4. The van der Waals surface area contributed by atoms with Crippen molar-refractivity contribution in [2.24, 2.45) is 0 Å². The molecule has 8 nitrogen and oxygen atoms in total. The largest absolute Gasteiger partial charge is 0.351 e. The number of aromatic nitrogens is 4. The summed E-state index contributed by atoms with van der Waals surface area (Å²) in [6.45, 7) is 0. The Kier molecular flexibility index (Phi) is 5.58. The molecule has 10 heteroatoms. The topological polar surface area (TPSA) is 101 Å². The molecule has 2 N–H and O–H groups in total. The zero-order valence-corrected chi connectivity index (χ0v) is 20.2. The van der Waals surface area contributed by atoms with Crippen LogP contribution in [0.4, 0.5) is 5.95 Å². The Morgan fingerprint density at radius 2 is 2.00 bits per heavy atom. The molecule has 0 unspecified atom stereocenters. The number of halogens is 1. The highest BCUT2D eigenvalue weighted by molar-refractivity contribution is 7.19. The van der Waals surface area contributed by atoms with Gasteiger partial charge in [-0.05, 0) is 48.6 Å². The van der Waals surface area contributed by atoms with Crippen LogP contribution in [0.5, 0.6) is 0 Å². The fourth-order valence-electron chi connectivity index (χ4n) is 4.15. The molecule has 176 valence electrons. The first-order valence-corrected chi connectivity index (χ1v) is 12.6. The van der Waals surface area contributed by atoms with Crippen molar-refractivity contribution in [2.75, 3.05) is 5.32 Å². The Morgan fingerprint density at radius 1 is 1.14 bits per heavy atom. The summed E-state index contributed by atoms with van der Waals surface area (Å²) in [6.07, 6.45) is 6.99. The number of thiophene rings is 1. The molecule has 2 fully saturated rings. The van der Waals surface area contributed by atoms with Gasteiger partial charge in [-0.25, -0.2) is 4.98 Å². The molecule has 4 aromatic rings. The first-order chi connectivity index (χ1) is 17.0. The van der Waals surface area contributed by atoms with Crippen molar-refractivity contribution in [3.8, 4) is 10.4 Å². The average Bonchev–Trinajstić information content (AvgIpc) is 3.25. The molecule has 0 bridgehead atoms. The number of benzene rings is 1. The maximum atomic E-state index is 12.1. The van der Waals surface area contributed by atoms with Gasteiger partial charge in [0, 0.05) is 28.5 Å². The molecule has 6 rings (SSSR count). The van der Waals surface area contributed by atoms with E-state index in [1.165, 1.54) is 5.56 Å². The molecule has 0 spiro atoms. The molecule has 0 radical (unpaired) electrons. The molecule has 0 atom stereocenters. The maximum absolute atomic E-state index is 12.1. The van der Waals surface area contributed by atoms with Crippen LogP contribution in [-0.4, -0.2) is 37.4 Å². The summed E-state index contributed by atoms with van der Waals surface area (Å²) >= 11 is 7.73. The molecule has 2 amide bonds. The van der Waals surface area contributed by atoms with Crippen molar-refractivity contribution in [1.82, 2.24) is 24.9 Å². The third-order valence-corrected chi connectivity index (χ3v) is 7.32. The van der Waals surface area contributed by atoms with E-state index in [0.717, 1.165) is 34.0 Å². The van der Waals surface area contributed by atoms with Gasteiger partial charge in [-0.2, -0.15) is 14.6 Å². The van der Waals surface area contributed by atoms with Crippen LogP contribution in [0, 0.1) is 0 Å². The second kappa shape index (κ2) is 8.90. The summed E-state index contributed by atoms with van der Waals surface area (Å²) < 4.78 is 2.43. The van der Waals surface area contributed by atoms with E-state index in [-0.39, 0.29) is 18.2 Å². The van der Waals surface area contributed by atoms with Crippen molar-refractivity contribution in [1.29, 1.82) is 0 Å². The normalized spacial score (nSPS) is 16.9. The van der Waals surface area contributed by atoms with Crippen LogP contribution in [0.3, 0.4) is 0 Å². The van der Waals surface area contributed by atoms with Gasteiger partial charge in [0.15, 0.2) is 5.65 Å². The van der Waals surface area contributed by atoms with Gasteiger partial charge in [-0.3, -0.25) is 14.9 Å². The van der Waals surface area contributed by atoms with E-state index >= 15 is 0 Å². The Bertz CT molecular complexity index is 1500. The van der Waals surface area contributed by atoms with Crippen molar-refractivity contribution in [3.05, 3.63) is 69.5 Å². The highest BCUT2D eigenvalue weighted by Crippen LogP contribution is 2.33. The van der Waals surface area contributed by atoms with Gasteiger partial charge in [0.05, 0.1) is 17.0 Å². The first-order valence-electron chi connectivity index (χ1n) is 11.4. The molecule has 1 saturated heterocycles. The van der Waals surface area contributed by atoms with E-state index in [9.17, 15) is 9.59 Å². The molecular weight excluding hydrogens is 484 g/mol. The van der Waals surface area contributed by atoms with E-state index < -0.39 is 0 Å². The number of carbonyl (C=O) groups is 2. The molecule has 2 aliphatic rings. The summed E-state index contributed by atoms with van der Waals surface area (Å²) in [7, 11) is 0. The standard InChI is InChI=1S/C25H21ClN6O2S/c26-20-9-8-19(35-20)18-4-2-1-3-14(18)5-10-21-29-23-16(11-15-12-22(33)31-24(15)34)13-27-32(23)25(30-21)28-17-6-7-17/h1-4,8-9,11,13,17H,5-7,10,12H2,(H,28,29,30)(H,31,33,34)/b15-11+. The summed E-state index contributed by atoms with van der Waals surface area (Å²) in [4.78, 5) is 34.4. The lowest BCUT2D eigenvalue weighted by molar-refractivity contribution is -0.124. The smallest absolute Gasteiger partial charge is 0.254 e. The lowest BCUT2D eigenvalue weighted by atomic mass is 10.0. The van der Waals surface area contributed by atoms with Gasteiger partial charge < -0.3 is 5.32 Å². The van der Waals surface area contributed by atoms with Gasteiger partial charge in [0.2, 0.25) is 11.9 Å².